The molecular formula is C15H19ClFN3. The van der Waals surface area contributed by atoms with Crippen LogP contribution in [0.1, 0.15) is 30.8 Å². The van der Waals surface area contributed by atoms with Gasteiger partial charge in [-0.15, -0.1) is 0 Å². The molecule has 1 heterocycles. The second-order valence-electron chi connectivity index (χ2n) is 4.78. The van der Waals surface area contributed by atoms with Crippen LogP contribution in [0.5, 0.6) is 0 Å². The molecule has 1 aromatic carbocycles. The highest BCUT2D eigenvalue weighted by Gasteiger charge is 2.13. The molecule has 3 nitrogen and oxygen atoms in total. The summed E-state index contributed by atoms with van der Waals surface area (Å²) in [4.78, 5) is 4.31. The first-order valence-electron chi connectivity index (χ1n) is 6.76. The lowest BCUT2D eigenvalue weighted by Crippen LogP contribution is -2.22. The Bertz CT molecular complexity index is 568. The zero-order valence-corrected chi connectivity index (χ0v) is 12.5. The van der Waals surface area contributed by atoms with E-state index in [-0.39, 0.29) is 16.9 Å². The first-order chi connectivity index (χ1) is 9.61. The van der Waals surface area contributed by atoms with Crippen LogP contribution in [0.15, 0.2) is 30.6 Å². The Kier molecular flexibility index (Phi) is 5.15. The molecule has 0 aliphatic carbocycles. The Morgan fingerprint density at radius 3 is 2.85 bits per heavy atom. The van der Waals surface area contributed by atoms with E-state index in [2.05, 4.69) is 10.3 Å². The monoisotopic (exact) mass is 295 g/mol. The van der Waals surface area contributed by atoms with E-state index in [9.17, 15) is 4.39 Å². The summed E-state index contributed by atoms with van der Waals surface area (Å²) in [6.07, 6.45) is 5.42. The van der Waals surface area contributed by atoms with Crippen molar-refractivity contribution in [2.24, 2.45) is 7.05 Å². The summed E-state index contributed by atoms with van der Waals surface area (Å²) in [5.41, 5.74) is 0.919. The Labute approximate surface area is 123 Å². The van der Waals surface area contributed by atoms with Gasteiger partial charge < -0.3 is 9.88 Å². The molecule has 108 valence electrons. The molecule has 0 aliphatic rings. The van der Waals surface area contributed by atoms with Gasteiger partial charge in [0.2, 0.25) is 0 Å². The van der Waals surface area contributed by atoms with Crippen LogP contribution in [-0.4, -0.2) is 16.1 Å². The second kappa shape index (κ2) is 6.86. The molecule has 20 heavy (non-hydrogen) atoms. The molecular weight excluding hydrogens is 277 g/mol. The quantitative estimate of drug-likeness (QED) is 0.884. The normalized spacial score (nSPS) is 12.6. The summed E-state index contributed by atoms with van der Waals surface area (Å²) in [6.45, 7) is 2.87. The summed E-state index contributed by atoms with van der Waals surface area (Å²) in [7, 11) is 1.98. The first-order valence-corrected chi connectivity index (χ1v) is 7.14. The summed E-state index contributed by atoms with van der Waals surface area (Å²) in [5.74, 6) is 0.659. The Morgan fingerprint density at radius 2 is 2.25 bits per heavy atom. The molecule has 1 aromatic heterocycles. The van der Waals surface area contributed by atoms with Gasteiger partial charge in [-0.25, -0.2) is 9.37 Å². The maximum Gasteiger partial charge on any atom is 0.142 e. The number of hydrogen-bond acceptors (Lipinski definition) is 2. The van der Waals surface area contributed by atoms with Crippen molar-refractivity contribution in [3.63, 3.8) is 0 Å². The molecule has 0 saturated carbocycles. The van der Waals surface area contributed by atoms with Crippen LogP contribution < -0.4 is 5.32 Å². The molecule has 0 amide bonds. The third-order valence-corrected chi connectivity index (χ3v) is 3.68. The highest BCUT2D eigenvalue weighted by Crippen LogP contribution is 2.23. The van der Waals surface area contributed by atoms with Crippen molar-refractivity contribution in [2.45, 2.75) is 25.8 Å². The van der Waals surface area contributed by atoms with Crippen LogP contribution in [0.2, 0.25) is 5.02 Å². The number of benzene rings is 1. The minimum absolute atomic E-state index is 0.100. The predicted octanol–water partition coefficient (Wildman–Crippen LogP) is 3.50. The van der Waals surface area contributed by atoms with Gasteiger partial charge in [0.25, 0.3) is 0 Å². The summed E-state index contributed by atoms with van der Waals surface area (Å²) >= 11 is 5.73. The molecule has 2 aromatic rings. The Balaban J connectivity index is 2.10. The number of imidazole rings is 1. The van der Waals surface area contributed by atoms with E-state index in [0.717, 1.165) is 30.8 Å². The molecule has 0 aliphatic heterocycles. The van der Waals surface area contributed by atoms with Gasteiger partial charge in [-0.2, -0.15) is 0 Å². The average Bonchev–Trinajstić information content (AvgIpc) is 2.83. The number of aryl methyl sites for hydroxylation is 2. The molecule has 1 unspecified atom stereocenters. The van der Waals surface area contributed by atoms with Crippen LogP contribution >= 0.6 is 11.6 Å². The lowest BCUT2D eigenvalue weighted by atomic mass is 10.0. The number of hydrogen-bond donors (Lipinski definition) is 1. The zero-order chi connectivity index (χ0) is 14.5. The predicted molar refractivity (Wildman–Crippen MR) is 79.4 cm³/mol. The van der Waals surface area contributed by atoms with Gasteiger partial charge in [-0.05, 0) is 30.7 Å². The fraction of sp³-hybridized carbons (Fsp3) is 0.400. The molecule has 2 rings (SSSR count). The number of nitrogens with one attached hydrogen (secondary N) is 1. The van der Waals surface area contributed by atoms with Gasteiger partial charge in [-0.1, -0.05) is 24.6 Å². The van der Waals surface area contributed by atoms with Crippen molar-refractivity contribution in [3.8, 4) is 0 Å². The van der Waals surface area contributed by atoms with Gasteiger partial charge in [0.05, 0.1) is 5.02 Å². The van der Waals surface area contributed by atoms with Crippen molar-refractivity contribution in [1.82, 2.24) is 14.9 Å². The van der Waals surface area contributed by atoms with Crippen LogP contribution in [0.25, 0.3) is 0 Å². The third kappa shape index (κ3) is 3.58. The van der Waals surface area contributed by atoms with Crippen molar-refractivity contribution < 1.29 is 4.39 Å². The van der Waals surface area contributed by atoms with E-state index in [0.29, 0.717) is 0 Å². The molecule has 1 N–H and O–H groups in total. The zero-order valence-electron chi connectivity index (χ0n) is 11.7. The molecule has 5 heteroatoms. The average molecular weight is 296 g/mol. The van der Waals surface area contributed by atoms with Crippen molar-refractivity contribution in [1.29, 1.82) is 0 Å². The minimum atomic E-state index is -0.371. The second-order valence-corrected chi connectivity index (χ2v) is 5.18. The van der Waals surface area contributed by atoms with Crippen LogP contribution in [-0.2, 0) is 13.5 Å². The highest BCUT2D eigenvalue weighted by atomic mass is 35.5. The van der Waals surface area contributed by atoms with Crippen molar-refractivity contribution in [3.05, 3.63) is 52.8 Å². The van der Waals surface area contributed by atoms with Gasteiger partial charge >= 0.3 is 0 Å². The lowest BCUT2D eigenvalue weighted by molar-refractivity contribution is 0.502. The molecule has 1 atom stereocenters. The van der Waals surface area contributed by atoms with Crippen LogP contribution in [0, 0.1) is 5.82 Å². The number of rotatable bonds is 6. The van der Waals surface area contributed by atoms with Gasteiger partial charge in [0.15, 0.2) is 0 Å². The molecule has 0 saturated heterocycles. The number of halogens is 2. The van der Waals surface area contributed by atoms with Gasteiger partial charge in [-0.3, -0.25) is 0 Å². The highest BCUT2D eigenvalue weighted by molar-refractivity contribution is 6.30. The summed E-state index contributed by atoms with van der Waals surface area (Å²) < 4.78 is 15.6. The maximum atomic E-state index is 13.6. The Morgan fingerprint density at radius 1 is 1.45 bits per heavy atom. The van der Waals surface area contributed by atoms with E-state index < -0.39 is 0 Å². The maximum absolute atomic E-state index is 13.6. The molecule has 0 bridgehead atoms. The van der Waals surface area contributed by atoms with Crippen molar-refractivity contribution in [2.75, 3.05) is 6.54 Å². The van der Waals surface area contributed by atoms with Gasteiger partial charge in [0, 0.05) is 31.9 Å². The SMILES string of the molecule is CCNC(CCc1nccn1C)c1ccc(Cl)c(F)c1. The van der Waals surface area contributed by atoms with E-state index in [1.54, 1.807) is 12.3 Å². The standard InChI is InChI=1S/C15H19ClFN3/c1-3-18-14(6-7-15-19-8-9-20(15)2)11-4-5-12(16)13(17)10-11/h4-5,8-10,14,18H,3,6-7H2,1-2H3. The van der Waals surface area contributed by atoms with E-state index in [1.165, 1.54) is 6.07 Å². The molecule has 0 fully saturated rings. The fourth-order valence-corrected chi connectivity index (χ4v) is 2.39. The molecule has 0 radical (unpaired) electrons. The topological polar surface area (TPSA) is 29.9 Å². The summed E-state index contributed by atoms with van der Waals surface area (Å²) in [6, 6.07) is 5.09. The smallest absolute Gasteiger partial charge is 0.142 e. The van der Waals surface area contributed by atoms with Crippen LogP contribution in [0.3, 0.4) is 0 Å². The third-order valence-electron chi connectivity index (χ3n) is 3.37. The van der Waals surface area contributed by atoms with E-state index in [4.69, 9.17) is 11.6 Å². The van der Waals surface area contributed by atoms with E-state index >= 15 is 0 Å². The molecule has 0 spiro atoms. The number of aromatic nitrogens is 2. The minimum Gasteiger partial charge on any atom is -0.338 e. The van der Waals surface area contributed by atoms with Crippen LogP contribution in [0.4, 0.5) is 4.39 Å². The number of nitrogens with zero attached hydrogens (tertiary/aromatic N) is 2. The summed E-state index contributed by atoms with van der Waals surface area (Å²) in [5, 5.41) is 3.54. The largest absolute Gasteiger partial charge is 0.338 e. The van der Waals surface area contributed by atoms with Gasteiger partial charge in [0.1, 0.15) is 11.6 Å². The Hall–Kier alpha value is -1.39. The first kappa shape index (κ1) is 15.0. The lowest BCUT2D eigenvalue weighted by Gasteiger charge is -2.18. The van der Waals surface area contributed by atoms with E-state index in [1.807, 2.05) is 30.8 Å². The van der Waals surface area contributed by atoms with Crippen molar-refractivity contribution >= 4 is 11.6 Å². The fourth-order valence-electron chi connectivity index (χ4n) is 2.27.